The van der Waals surface area contributed by atoms with Gasteiger partial charge in [-0.25, -0.2) is 4.79 Å². The topological polar surface area (TPSA) is 73.9 Å². The highest BCUT2D eigenvalue weighted by atomic mass is 35.5. The van der Waals surface area contributed by atoms with Crippen LogP contribution < -0.4 is 14.8 Å². The summed E-state index contributed by atoms with van der Waals surface area (Å²) in [4.78, 5) is 23.6. The molecular weight excluding hydrogens is 310 g/mol. The summed E-state index contributed by atoms with van der Waals surface area (Å²) in [6.45, 7) is 5.13. The molecule has 1 N–H and O–H groups in total. The van der Waals surface area contributed by atoms with Crippen LogP contribution in [0.1, 0.15) is 31.1 Å². The Bertz CT molecular complexity index is 566. The van der Waals surface area contributed by atoms with Gasteiger partial charge in [0.15, 0.2) is 18.1 Å². The maximum absolute atomic E-state index is 12.0. The Labute approximate surface area is 134 Å². The molecule has 0 saturated heterocycles. The zero-order valence-electron chi connectivity index (χ0n) is 13.3. The van der Waals surface area contributed by atoms with Crippen LogP contribution in [-0.4, -0.2) is 38.2 Å². The molecule has 0 fully saturated rings. The molecule has 0 aromatic heterocycles. The average molecular weight is 330 g/mol. The summed E-state index contributed by atoms with van der Waals surface area (Å²) in [5.74, 6) is -0.424. The van der Waals surface area contributed by atoms with Crippen LogP contribution in [0, 0.1) is 0 Å². The molecule has 6 nitrogen and oxygen atoms in total. The number of ether oxygens (including phenoxy) is 3. The SMILES string of the molecule is COc1cc(C(=O)OCC(=O)NC(C)(C)C)cc(Cl)c1OC. The highest BCUT2D eigenvalue weighted by Gasteiger charge is 2.18. The van der Waals surface area contributed by atoms with E-state index in [-0.39, 0.29) is 23.1 Å². The van der Waals surface area contributed by atoms with Crippen molar-refractivity contribution < 1.29 is 23.8 Å². The van der Waals surface area contributed by atoms with Gasteiger partial charge in [0.05, 0.1) is 24.8 Å². The highest BCUT2D eigenvalue weighted by Crippen LogP contribution is 2.36. The lowest BCUT2D eigenvalue weighted by Gasteiger charge is -2.20. The monoisotopic (exact) mass is 329 g/mol. The normalized spacial score (nSPS) is 10.8. The van der Waals surface area contributed by atoms with Crippen LogP contribution in [0.2, 0.25) is 5.02 Å². The van der Waals surface area contributed by atoms with E-state index in [1.165, 1.54) is 26.4 Å². The third-order valence-corrected chi connectivity index (χ3v) is 2.80. The van der Waals surface area contributed by atoms with Crippen LogP contribution >= 0.6 is 11.6 Å². The number of rotatable bonds is 5. The molecule has 0 radical (unpaired) electrons. The van der Waals surface area contributed by atoms with Crippen LogP contribution in [0.3, 0.4) is 0 Å². The highest BCUT2D eigenvalue weighted by molar-refractivity contribution is 6.32. The Morgan fingerprint density at radius 2 is 1.82 bits per heavy atom. The Morgan fingerprint density at radius 3 is 2.32 bits per heavy atom. The number of carbonyl (C=O) groups is 2. The first-order chi connectivity index (χ1) is 10.2. The molecule has 0 heterocycles. The first-order valence-electron chi connectivity index (χ1n) is 6.57. The number of benzene rings is 1. The number of methoxy groups -OCH3 is 2. The molecule has 22 heavy (non-hydrogen) atoms. The van der Waals surface area contributed by atoms with E-state index in [4.69, 9.17) is 25.8 Å². The second kappa shape index (κ2) is 7.35. The predicted molar refractivity (Wildman–Crippen MR) is 82.7 cm³/mol. The van der Waals surface area contributed by atoms with Gasteiger partial charge in [0.2, 0.25) is 0 Å². The van der Waals surface area contributed by atoms with Gasteiger partial charge in [0.25, 0.3) is 5.91 Å². The molecule has 0 bridgehead atoms. The second-order valence-electron chi connectivity index (χ2n) is 5.57. The van der Waals surface area contributed by atoms with Crippen molar-refractivity contribution in [2.24, 2.45) is 0 Å². The minimum absolute atomic E-state index is 0.172. The van der Waals surface area contributed by atoms with Gasteiger partial charge in [-0.1, -0.05) is 11.6 Å². The Balaban J connectivity index is 2.78. The van der Waals surface area contributed by atoms with Gasteiger partial charge in [-0.15, -0.1) is 0 Å². The Hall–Kier alpha value is -1.95. The van der Waals surface area contributed by atoms with E-state index < -0.39 is 11.5 Å². The van der Waals surface area contributed by atoms with E-state index in [2.05, 4.69) is 5.32 Å². The van der Waals surface area contributed by atoms with Crippen LogP contribution in [0.15, 0.2) is 12.1 Å². The van der Waals surface area contributed by atoms with Crippen molar-refractivity contribution in [1.82, 2.24) is 5.32 Å². The zero-order chi connectivity index (χ0) is 16.9. The number of hydrogen-bond acceptors (Lipinski definition) is 5. The molecule has 0 aliphatic heterocycles. The quantitative estimate of drug-likeness (QED) is 0.840. The van der Waals surface area contributed by atoms with Crippen LogP contribution in [-0.2, 0) is 9.53 Å². The fourth-order valence-electron chi connectivity index (χ4n) is 1.70. The number of esters is 1. The van der Waals surface area contributed by atoms with Crippen LogP contribution in [0.25, 0.3) is 0 Å². The summed E-state index contributed by atoms with van der Waals surface area (Å²) in [6.07, 6.45) is 0. The largest absolute Gasteiger partial charge is 0.493 e. The summed E-state index contributed by atoms with van der Waals surface area (Å²) in [5.41, 5.74) is -0.220. The van der Waals surface area contributed by atoms with Gasteiger partial charge in [-0.2, -0.15) is 0 Å². The molecule has 1 rings (SSSR count). The Kier molecular flexibility index (Phi) is 6.05. The number of halogens is 1. The lowest BCUT2D eigenvalue weighted by atomic mass is 10.1. The molecule has 0 aliphatic rings. The predicted octanol–water partition coefficient (Wildman–Crippen LogP) is 2.43. The molecule has 1 amide bonds. The van der Waals surface area contributed by atoms with E-state index in [0.717, 1.165) is 0 Å². The van der Waals surface area contributed by atoms with Crippen LogP contribution in [0.4, 0.5) is 0 Å². The Morgan fingerprint density at radius 1 is 1.18 bits per heavy atom. The van der Waals surface area contributed by atoms with Gasteiger partial charge < -0.3 is 19.5 Å². The number of carbonyl (C=O) groups excluding carboxylic acids is 2. The van der Waals surface area contributed by atoms with E-state index in [0.29, 0.717) is 11.5 Å². The fourth-order valence-corrected chi connectivity index (χ4v) is 1.99. The van der Waals surface area contributed by atoms with E-state index in [9.17, 15) is 9.59 Å². The van der Waals surface area contributed by atoms with E-state index in [1.54, 1.807) is 0 Å². The third-order valence-electron chi connectivity index (χ3n) is 2.52. The van der Waals surface area contributed by atoms with Crippen molar-refractivity contribution in [2.75, 3.05) is 20.8 Å². The summed E-state index contributed by atoms with van der Waals surface area (Å²) >= 11 is 6.02. The maximum Gasteiger partial charge on any atom is 0.338 e. The van der Waals surface area contributed by atoms with Crippen molar-refractivity contribution in [3.05, 3.63) is 22.7 Å². The average Bonchev–Trinajstić information content (AvgIpc) is 2.41. The first kappa shape index (κ1) is 18.1. The van der Waals surface area contributed by atoms with Gasteiger partial charge in [-0.3, -0.25) is 4.79 Å². The number of hydrogen-bond donors (Lipinski definition) is 1. The van der Waals surface area contributed by atoms with Crippen molar-refractivity contribution in [3.63, 3.8) is 0 Å². The third kappa shape index (κ3) is 5.11. The van der Waals surface area contributed by atoms with Crippen molar-refractivity contribution >= 4 is 23.5 Å². The molecule has 0 unspecified atom stereocenters. The minimum Gasteiger partial charge on any atom is -0.493 e. The van der Waals surface area contributed by atoms with Gasteiger partial charge >= 0.3 is 5.97 Å². The van der Waals surface area contributed by atoms with E-state index >= 15 is 0 Å². The van der Waals surface area contributed by atoms with Crippen molar-refractivity contribution in [2.45, 2.75) is 26.3 Å². The lowest BCUT2D eigenvalue weighted by Crippen LogP contribution is -2.42. The zero-order valence-corrected chi connectivity index (χ0v) is 14.0. The van der Waals surface area contributed by atoms with Gasteiger partial charge in [-0.05, 0) is 32.9 Å². The lowest BCUT2D eigenvalue weighted by molar-refractivity contribution is -0.125. The smallest absolute Gasteiger partial charge is 0.338 e. The molecule has 0 aliphatic carbocycles. The fraction of sp³-hybridized carbons (Fsp3) is 0.467. The van der Waals surface area contributed by atoms with Crippen molar-refractivity contribution in [3.8, 4) is 11.5 Å². The molecule has 122 valence electrons. The summed E-state index contributed by atoms with van der Waals surface area (Å²) in [6, 6.07) is 2.83. The standard InChI is InChI=1S/C15H20ClNO5/c1-15(2,3)17-12(18)8-22-14(19)9-6-10(16)13(21-5)11(7-9)20-4/h6-7H,8H2,1-5H3,(H,17,18). The van der Waals surface area contributed by atoms with E-state index in [1.807, 2.05) is 20.8 Å². The molecule has 7 heteroatoms. The van der Waals surface area contributed by atoms with Crippen LogP contribution in [0.5, 0.6) is 11.5 Å². The van der Waals surface area contributed by atoms with Gasteiger partial charge in [0, 0.05) is 5.54 Å². The number of nitrogens with one attached hydrogen (secondary N) is 1. The maximum atomic E-state index is 12.0. The summed E-state index contributed by atoms with van der Waals surface area (Å²) in [7, 11) is 2.87. The minimum atomic E-state index is -0.674. The summed E-state index contributed by atoms with van der Waals surface area (Å²) in [5, 5.41) is 2.91. The molecule has 0 spiro atoms. The van der Waals surface area contributed by atoms with Gasteiger partial charge in [0.1, 0.15) is 0 Å². The molecule has 0 saturated carbocycles. The molecule has 1 aromatic rings. The number of amides is 1. The second-order valence-corrected chi connectivity index (χ2v) is 5.98. The van der Waals surface area contributed by atoms with Crippen molar-refractivity contribution in [1.29, 1.82) is 0 Å². The molecular formula is C15H20ClNO5. The first-order valence-corrected chi connectivity index (χ1v) is 6.95. The molecule has 1 aromatic carbocycles. The summed E-state index contributed by atoms with van der Waals surface area (Å²) < 4.78 is 15.1. The molecule has 0 atom stereocenters.